The molecule has 0 bridgehead atoms. The fourth-order valence-corrected chi connectivity index (χ4v) is 4.23. The molecular formula is C16H19FN2OS. The van der Waals surface area contributed by atoms with Gasteiger partial charge in [-0.3, -0.25) is 4.79 Å². The lowest BCUT2D eigenvalue weighted by molar-refractivity contribution is 0.0517. The molecule has 21 heavy (non-hydrogen) atoms. The van der Waals surface area contributed by atoms with E-state index in [1.165, 1.54) is 23.5 Å². The third-order valence-corrected chi connectivity index (χ3v) is 5.49. The van der Waals surface area contributed by atoms with Crippen LogP contribution in [-0.2, 0) is 0 Å². The topological polar surface area (TPSA) is 46.3 Å². The van der Waals surface area contributed by atoms with Gasteiger partial charge in [-0.1, -0.05) is 0 Å². The maximum atomic E-state index is 13.4. The van der Waals surface area contributed by atoms with Crippen LogP contribution in [0.2, 0.25) is 0 Å². The number of nitrogens with zero attached hydrogens (tertiary/aromatic N) is 1. The zero-order valence-electron chi connectivity index (χ0n) is 12.2. The van der Waals surface area contributed by atoms with Crippen LogP contribution in [0.1, 0.15) is 42.8 Å². The number of carbonyl (C=O) groups is 1. The largest absolute Gasteiger partial charge is 0.397 e. The van der Waals surface area contributed by atoms with E-state index < -0.39 is 0 Å². The molecule has 1 aliphatic rings. The van der Waals surface area contributed by atoms with E-state index in [0.29, 0.717) is 16.0 Å². The van der Waals surface area contributed by atoms with Crippen LogP contribution in [0.3, 0.4) is 0 Å². The Morgan fingerprint density at radius 2 is 2.00 bits per heavy atom. The third kappa shape index (κ3) is 2.39. The van der Waals surface area contributed by atoms with Crippen molar-refractivity contribution in [2.24, 2.45) is 0 Å². The molecule has 1 saturated heterocycles. The minimum atomic E-state index is -0.328. The first-order chi connectivity index (χ1) is 9.99. The first-order valence-corrected chi connectivity index (χ1v) is 8.11. The van der Waals surface area contributed by atoms with E-state index in [9.17, 15) is 9.18 Å². The SMILES string of the molecule is C[C@@H]1CCC[C@H](C)N1C(=O)c1sc2ccc(F)cc2c1N. The second-order valence-electron chi connectivity index (χ2n) is 5.83. The van der Waals surface area contributed by atoms with E-state index in [2.05, 4.69) is 13.8 Å². The second-order valence-corrected chi connectivity index (χ2v) is 6.88. The van der Waals surface area contributed by atoms with Crippen LogP contribution in [0, 0.1) is 5.82 Å². The van der Waals surface area contributed by atoms with Gasteiger partial charge in [0.05, 0.1) is 5.69 Å². The van der Waals surface area contributed by atoms with Crippen LogP contribution in [0.5, 0.6) is 0 Å². The lowest BCUT2D eigenvalue weighted by Crippen LogP contribution is -2.47. The highest BCUT2D eigenvalue weighted by atomic mass is 32.1. The summed E-state index contributed by atoms with van der Waals surface area (Å²) in [6.45, 7) is 4.16. The smallest absolute Gasteiger partial charge is 0.266 e. The van der Waals surface area contributed by atoms with Crippen molar-refractivity contribution in [3.8, 4) is 0 Å². The van der Waals surface area contributed by atoms with Crippen molar-refractivity contribution in [2.45, 2.75) is 45.2 Å². The molecule has 0 aliphatic carbocycles. The molecule has 2 heterocycles. The highest BCUT2D eigenvalue weighted by molar-refractivity contribution is 7.21. The molecule has 112 valence electrons. The number of likely N-dealkylation sites (tertiary alicyclic amines) is 1. The molecule has 5 heteroatoms. The Morgan fingerprint density at radius 3 is 2.67 bits per heavy atom. The number of carbonyl (C=O) groups excluding carboxylic acids is 1. The van der Waals surface area contributed by atoms with E-state index in [4.69, 9.17) is 5.73 Å². The molecule has 1 fully saturated rings. The molecule has 1 aromatic carbocycles. The molecule has 2 atom stereocenters. The molecule has 0 radical (unpaired) electrons. The summed E-state index contributed by atoms with van der Waals surface area (Å²) in [5.41, 5.74) is 6.51. The van der Waals surface area contributed by atoms with Crippen molar-refractivity contribution in [3.63, 3.8) is 0 Å². The number of hydrogen-bond acceptors (Lipinski definition) is 3. The zero-order chi connectivity index (χ0) is 15.1. The van der Waals surface area contributed by atoms with Crippen molar-refractivity contribution in [1.82, 2.24) is 4.90 Å². The first-order valence-electron chi connectivity index (χ1n) is 7.29. The van der Waals surface area contributed by atoms with Crippen LogP contribution < -0.4 is 5.73 Å². The van der Waals surface area contributed by atoms with Gasteiger partial charge >= 0.3 is 0 Å². The summed E-state index contributed by atoms with van der Waals surface area (Å²) >= 11 is 1.36. The third-order valence-electron chi connectivity index (χ3n) is 4.31. The Bertz CT molecular complexity index is 687. The van der Waals surface area contributed by atoms with Crippen LogP contribution in [0.25, 0.3) is 10.1 Å². The maximum Gasteiger partial charge on any atom is 0.266 e. The van der Waals surface area contributed by atoms with Crippen LogP contribution >= 0.6 is 11.3 Å². The minimum absolute atomic E-state index is 0.0196. The van der Waals surface area contributed by atoms with Gasteiger partial charge < -0.3 is 10.6 Å². The number of nitrogens with two attached hydrogens (primary N) is 1. The van der Waals surface area contributed by atoms with Gasteiger partial charge in [0.15, 0.2) is 0 Å². The van der Waals surface area contributed by atoms with Gasteiger partial charge in [-0.15, -0.1) is 11.3 Å². The molecule has 0 spiro atoms. The highest BCUT2D eigenvalue weighted by Crippen LogP contribution is 2.36. The van der Waals surface area contributed by atoms with Gasteiger partial charge in [0.2, 0.25) is 0 Å². The Kier molecular flexibility index (Phi) is 3.61. The Balaban J connectivity index is 2.03. The lowest BCUT2D eigenvalue weighted by Gasteiger charge is -2.38. The molecule has 0 unspecified atom stereocenters. The number of nitrogen functional groups attached to an aromatic ring is 1. The summed E-state index contributed by atoms with van der Waals surface area (Å²) in [6.07, 6.45) is 3.20. The maximum absolute atomic E-state index is 13.4. The molecule has 2 N–H and O–H groups in total. The molecule has 1 aromatic heterocycles. The van der Waals surface area contributed by atoms with Crippen LogP contribution in [0.15, 0.2) is 18.2 Å². The second kappa shape index (κ2) is 5.30. The Labute approximate surface area is 127 Å². The number of hydrogen-bond donors (Lipinski definition) is 1. The normalized spacial score (nSPS) is 22.7. The Hall–Kier alpha value is -1.62. The van der Waals surface area contributed by atoms with Gasteiger partial charge in [0, 0.05) is 22.2 Å². The standard InChI is InChI=1S/C16H19FN2OS/c1-9-4-3-5-10(2)19(9)16(20)15-14(18)12-8-11(17)6-7-13(12)21-15/h6-10H,3-5,18H2,1-2H3/t9-,10+. The molecule has 0 saturated carbocycles. The van der Waals surface area contributed by atoms with Crippen molar-refractivity contribution in [2.75, 3.05) is 5.73 Å². The first kappa shape index (κ1) is 14.3. The van der Waals surface area contributed by atoms with Gasteiger partial charge in [-0.05, 0) is 51.3 Å². The molecule has 3 rings (SSSR count). The van der Waals surface area contributed by atoms with E-state index in [1.807, 2.05) is 4.90 Å². The summed E-state index contributed by atoms with van der Waals surface area (Å²) in [6, 6.07) is 4.94. The molecular weight excluding hydrogens is 287 g/mol. The van der Waals surface area contributed by atoms with E-state index in [0.717, 1.165) is 24.0 Å². The van der Waals surface area contributed by atoms with Gasteiger partial charge in [0.25, 0.3) is 5.91 Å². The molecule has 1 amide bonds. The minimum Gasteiger partial charge on any atom is -0.397 e. The van der Waals surface area contributed by atoms with Crippen molar-refractivity contribution >= 4 is 33.0 Å². The summed E-state index contributed by atoms with van der Waals surface area (Å²) in [5, 5.41) is 0.640. The molecule has 1 aliphatic heterocycles. The summed E-state index contributed by atoms with van der Waals surface area (Å²) in [4.78, 5) is 15.3. The quantitative estimate of drug-likeness (QED) is 0.864. The monoisotopic (exact) mass is 306 g/mol. The van der Waals surface area contributed by atoms with Gasteiger partial charge in [0.1, 0.15) is 10.7 Å². The number of piperidine rings is 1. The van der Waals surface area contributed by atoms with Crippen molar-refractivity contribution in [3.05, 3.63) is 28.9 Å². The lowest BCUT2D eigenvalue weighted by atomic mass is 9.97. The highest BCUT2D eigenvalue weighted by Gasteiger charge is 2.31. The summed E-state index contributed by atoms with van der Waals surface area (Å²) in [7, 11) is 0. The summed E-state index contributed by atoms with van der Waals surface area (Å²) in [5.74, 6) is -0.348. The number of rotatable bonds is 1. The van der Waals surface area contributed by atoms with Crippen LogP contribution in [0.4, 0.5) is 10.1 Å². The number of benzene rings is 1. The Morgan fingerprint density at radius 1 is 1.33 bits per heavy atom. The predicted molar refractivity (Wildman–Crippen MR) is 85.1 cm³/mol. The van der Waals surface area contributed by atoms with Crippen molar-refractivity contribution in [1.29, 1.82) is 0 Å². The van der Waals surface area contributed by atoms with Crippen molar-refractivity contribution < 1.29 is 9.18 Å². The van der Waals surface area contributed by atoms with Gasteiger partial charge in [-0.25, -0.2) is 4.39 Å². The average molecular weight is 306 g/mol. The predicted octanol–water partition coefficient (Wildman–Crippen LogP) is 4.03. The fourth-order valence-electron chi connectivity index (χ4n) is 3.19. The van der Waals surface area contributed by atoms with E-state index in [1.54, 1.807) is 6.07 Å². The number of halogens is 1. The molecule has 2 aromatic rings. The van der Waals surface area contributed by atoms with Gasteiger partial charge in [-0.2, -0.15) is 0 Å². The van der Waals surface area contributed by atoms with E-state index in [-0.39, 0.29) is 23.8 Å². The average Bonchev–Trinajstić information content (AvgIpc) is 2.76. The number of thiophene rings is 1. The number of anilines is 1. The fraction of sp³-hybridized carbons (Fsp3) is 0.438. The summed E-state index contributed by atoms with van der Waals surface area (Å²) < 4.78 is 14.2. The zero-order valence-corrected chi connectivity index (χ0v) is 13.0. The number of amides is 1. The number of fused-ring (bicyclic) bond motifs is 1. The molecule has 3 nitrogen and oxygen atoms in total. The van der Waals surface area contributed by atoms with Crippen LogP contribution in [-0.4, -0.2) is 22.9 Å². The van der Waals surface area contributed by atoms with E-state index >= 15 is 0 Å².